The molecule has 1 aromatic carbocycles. The number of aromatic amines is 1. The van der Waals surface area contributed by atoms with Crippen LogP contribution in [0.5, 0.6) is 5.75 Å². The summed E-state index contributed by atoms with van der Waals surface area (Å²) in [4.78, 5) is 21.4. The fourth-order valence-electron chi connectivity index (χ4n) is 3.00. The number of rotatable bonds is 5. The third-order valence-corrected chi connectivity index (χ3v) is 4.18. The van der Waals surface area contributed by atoms with Gasteiger partial charge in [-0.25, -0.2) is 4.98 Å². The minimum absolute atomic E-state index is 0.163. The number of nitrogens with zero attached hydrogens (tertiary/aromatic N) is 2. The Kier molecular flexibility index (Phi) is 4.99. The minimum Gasteiger partial charge on any atom is -0.493 e. The van der Waals surface area contributed by atoms with E-state index in [1.54, 1.807) is 12.5 Å². The molecule has 0 atom stereocenters. The molecule has 0 saturated heterocycles. The van der Waals surface area contributed by atoms with Crippen molar-refractivity contribution in [3.8, 4) is 5.75 Å². The summed E-state index contributed by atoms with van der Waals surface area (Å²) in [5.41, 5.74) is 4.14. The molecule has 1 aliphatic heterocycles. The average molecular weight is 325 g/mol. The van der Waals surface area contributed by atoms with Gasteiger partial charge < -0.3 is 14.6 Å². The van der Waals surface area contributed by atoms with Gasteiger partial charge in [0.2, 0.25) is 5.91 Å². The first-order valence-corrected chi connectivity index (χ1v) is 8.49. The topological polar surface area (TPSA) is 58.2 Å². The smallest absolute Gasteiger partial charge is 0.226 e. The lowest BCUT2D eigenvalue weighted by molar-refractivity contribution is -0.118. The van der Waals surface area contributed by atoms with Crippen molar-refractivity contribution in [3.05, 3.63) is 42.0 Å². The summed E-state index contributed by atoms with van der Waals surface area (Å²) < 4.78 is 5.78. The molecule has 0 spiro atoms. The molecule has 1 amide bonds. The number of hydrogen-bond acceptors (Lipinski definition) is 3. The zero-order valence-corrected chi connectivity index (χ0v) is 14.2. The second kappa shape index (κ2) is 7.34. The van der Waals surface area contributed by atoms with E-state index < -0.39 is 0 Å². The third kappa shape index (κ3) is 3.35. The number of aromatic nitrogens is 2. The van der Waals surface area contributed by atoms with Crippen LogP contribution in [0.2, 0.25) is 0 Å². The molecule has 1 N–H and O–H groups in total. The Labute approximate surface area is 142 Å². The van der Waals surface area contributed by atoms with Gasteiger partial charge in [-0.2, -0.15) is 0 Å². The molecule has 2 heterocycles. The van der Waals surface area contributed by atoms with Crippen LogP contribution in [0.15, 0.2) is 30.7 Å². The number of hydrogen-bond donors (Lipinski definition) is 1. The van der Waals surface area contributed by atoms with Crippen LogP contribution in [0.1, 0.15) is 44.4 Å². The number of carbonyl (C=O) groups is 1. The average Bonchev–Trinajstić information content (AvgIpc) is 3.09. The summed E-state index contributed by atoms with van der Waals surface area (Å²) in [6.07, 6.45) is 7.83. The number of anilines is 1. The Bertz CT molecular complexity index is 735. The highest BCUT2D eigenvalue weighted by Gasteiger charge is 2.19. The van der Waals surface area contributed by atoms with Crippen LogP contribution in [-0.2, 0) is 4.79 Å². The maximum absolute atomic E-state index is 12.3. The Morgan fingerprint density at radius 1 is 1.42 bits per heavy atom. The lowest BCUT2D eigenvalue weighted by atomic mass is 9.97. The maximum atomic E-state index is 12.3. The monoisotopic (exact) mass is 325 g/mol. The van der Waals surface area contributed by atoms with Crippen molar-refractivity contribution in [2.75, 3.05) is 18.1 Å². The molecule has 0 bridgehead atoms. The van der Waals surface area contributed by atoms with Crippen LogP contribution in [0.3, 0.4) is 0 Å². The Morgan fingerprint density at radius 2 is 2.29 bits per heavy atom. The summed E-state index contributed by atoms with van der Waals surface area (Å²) in [6, 6.07) is 6.00. The molecule has 24 heavy (non-hydrogen) atoms. The number of nitrogens with one attached hydrogen (secondary N) is 1. The molecule has 0 unspecified atom stereocenters. The Hall–Kier alpha value is -2.56. The van der Waals surface area contributed by atoms with Crippen molar-refractivity contribution in [2.24, 2.45) is 0 Å². The van der Waals surface area contributed by atoms with Gasteiger partial charge in [-0.15, -0.1) is 0 Å². The van der Waals surface area contributed by atoms with Gasteiger partial charge in [0, 0.05) is 30.6 Å². The Balaban J connectivity index is 1.97. The van der Waals surface area contributed by atoms with Gasteiger partial charge in [0.15, 0.2) is 0 Å². The van der Waals surface area contributed by atoms with E-state index in [9.17, 15) is 4.79 Å². The van der Waals surface area contributed by atoms with Crippen molar-refractivity contribution >= 4 is 23.2 Å². The summed E-state index contributed by atoms with van der Waals surface area (Å²) in [5, 5.41) is 0. The minimum atomic E-state index is 0.163. The second-order valence-electron chi connectivity index (χ2n) is 5.84. The predicted octanol–water partition coefficient (Wildman–Crippen LogP) is 3.89. The quantitative estimate of drug-likeness (QED) is 0.907. The van der Waals surface area contributed by atoms with Gasteiger partial charge >= 0.3 is 0 Å². The van der Waals surface area contributed by atoms with Crippen LogP contribution in [0.25, 0.3) is 11.6 Å². The van der Waals surface area contributed by atoms with Crippen LogP contribution in [-0.4, -0.2) is 29.0 Å². The molecule has 0 radical (unpaired) electrons. The Morgan fingerprint density at radius 3 is 3.00 bits per heavy atom. The highest BCUT2D eigenvalue weighted by atomic mass is 16.5. The van der Waals surface area contributed by atoms with Gasteiger partial charge in [-0.3, -0.25) is 4.79 Å². The van der Waals surface area contributed by atoms with E-state index in [4.69, 9.17) is 4.74 Å². The lowest BCUT2D eigenvalue weighted by Crippen LogP contribution is -2.30. The SMILES string of the molecule is CCCC(=O)N(CC)c1ccc2c(c1)/C(=C/c1cnc[nH]1)CCO2. The number of H-pyrrole nitrogens is 1. The highest BCUT2D eigenvalue weighted by Crippen LogP contribution is 2.36. The normalized spacial score (nSPS) is 15.0. The van der Waals surface area contributed by atoms with Gasteiger partial charge in [-0.05, 0) is 43.2 Å². The van der Waals surface area contributed by atoms with Crippen molar-refractivity contribution < 1.29 is 9.53 Å². The number of fused-ring (bicyclic) bond motifs is 1. The molecule has 0 fully saturated rings. The van der Waals surface area contributed by atoms with Crippen molar-refractivity contribution in [1.29, 1.82) is 0 Å². The summed E-state index contributed by atoms with van der Waals surface area (Å²) in [7, 11) is 0. The van der Waals surface area contributed by atoms with Gasteiger partial charge in [-0.1, -0.05) is 6.92 Å². The molecule has 126 valence electrons. The van der Waals surface area contributed by atoms with E-state index in [1.165, 1.54) is 5.57 Å². The van der Waals surface area contributed by atoms with Gasteiger partial charge in [0.1, 0.15) is 5.75 Å². The number of carbonyl (C=O) groups excluding carboxylic acids is 1. The van der Waals surface area contributed by atoms with Gasteiger partial charge in [0.05, 0.1) is 24.8 Å². The molecular weight excluding hydrogens is 302 g/mol. The molecule has 0 aliphatic carbocycles. The summed E-state index contributed by atoms with van der Waals surface area (Å²) >= 11 is 0. The molecule has 1 aliphatic rings. The van der Waals surface area contributed by atoms with Gasteiger partial charge in [0.25, 0.3) is 0 Å². The zero-order chi connectivity index (χ0) is 16.9. The van der Waals surface area contributed by atoms with E-state index in [0.717, 1.165) is 35.5 Å². The standard InChI is InChI=1S/C19H23N3O2/c1-3-5-19(23)22(4-2)16-6-7-18-17(11-16)14(8-9-24-18)10-15-12-20-13-21-15/h6-7,10-13H,3-5,8-9H2,1-2H3,(H,20,21)/b14-10+. The van der Waals surface area contributed by atoms with Crippen molar-refractivity contribution in [2.45, 2.75) is 33.1 Å². The van der Waals surface area contributed by atoms with E-state index in [-0.39, 0.29) is 5.91 Å². The number of imidazole rings is 1. The fourth-order valence-corrected chi connectivity index (χ4v) is 3.00. The summed E-state index contributed by atoms with van der Waals surface area (Å²) in [5.74, 6) is 1.03. The van der Waals surface area contributed by atoms with Crippen LogP contribution in [0, 0.1) is 0 Å². The van der Waals surface area contributed by atoms with E-state index >= 15 is 0 Å². The van der Waals surface area contributed by atoms with Crippen LogP contribution < -0.4 is 9.64 Å². The molecule has 3 rings (SSSR count). The first-order chi connectivity index (χ1) is 11.7. The third-order valence-electron chi connectivity index (χ3n) is 4.18. The molecule has 0 saturated carbocycles. The van der Waals surface area contributed by atoms with E-state index in [1.807, 2.05) is 30.9 Å². The molecule has 5 nitrogen and oxygen atoms in total. The first kappa shape index (κ1) is 16.3. The maximum Gasteiger partial charge on any atom is 0.226 e. The number of benzene rings is 1. The molecule has 5 heteroatoms. The van der Waals surface area contributed by atoms with E-state index in [0.29, 0.717) is 19.6 Å². The fraction of sp³-hybridized carbons (Fsp3) is 0.368. The molecule has 1 aromatic heterocycles. The number of amides is 1. The summed E-state index contributed by atoms with van der Waals surface area (Å²) in [6.45, 7) is 5.36. The first-order valence-electron chi connectivity index (χ1n) is 8.49. The lowest BCUT2D eigenvalue weighted by Gasteiger charge is -2.25. The zero-order valence-electron chi connectivity index (χ0n) is 14.2. The second-order valence-corrected chi connectivity index (χ2v) is 5.84. The van der Waals surface area contributed by atoms with Crippen LogP contribution in [0.4, 0.5) is 5.69 Å². The predicted molar refractivity (Wildman–Crippen MR) is 95.9 cm³/mol. The molecular formula is C19H23N3O2. The van der Waals surface area contributed by atoms with Crippen LogP contribution >= 0.6 is 0 Å². The number of ether oxygens (including phenoxy) is 1. The van der Waals surface area contributed by atoms with Crippen molar-refractivity contribution in [3.63, 3.8) is 0 Å². The van der Waals surface area contributed by atoms with Crippen molar-refractivity contribution in [1.82, 2.24) is 9.97 Å². The largest absolute Gasteiger partial charge is 0.493 e. The molecule has 2 aromatic rings. The highest BCUT2D eigenvalue weighted by molar-refractivity contribution is 5.94. The van der Waals surface area contributed by atoms with E-state index in [2.05, 4.69) is 22.1 Å².